The van der Waals surface area contributed by atoms with Crippen LogP contribution >= 0.6 is 11.6 Å². The summed E-state index contributed by atoms with van der Waals surface area (Å²) in [6, 6.07) is 23.0. The van der Waals surface area contributed by atoms with Gasteiger partial charge >= 0.3 is 0 Å². The molecule has 0 unspecified atom stereocenters. The van der Waals surface area contributed by atoms with Gasteiger partial charge in [-0.2, -0.15) is 18.4 Å². The van der Waals surface area contributed by atoms with Crippen molar-refractivity contribution in [1.29, 1.82) is 0 Å². The molecular formula is C20H17ClN2O2S. The summed E-state index contributed by atoms with van der Waals surface area (Å²) in [4.78, 5) is 2.47. The van der Waals surface area contributed by atoms with Crippen LogP contribution < -0.4 is 4.83 Å². The predicted molar refractivity (Wildman–Crippen MR) is 105 cm³/mol. The quantitative estimate of drug-likeness (QED) is 0.524. The zero-order valence-corrected chi connectivity index (χ0v) is 15.6. The van der Waals surface area contributed by atoms with E-state index in [0.29, 0.717) is 16.3 Å². The first-order valence-corrected chi connectivity index (χ1v) is 9.80. The summed E-state index contributed by atoms with van der Waals surface area (Å²) < 4.78 is 25.1. The minimum absolute atomic E-state index is 0.151. The summed E-state index contributed by atoms with van der Waals surface area (Å²) in [6.45, 7) is 1.90. The number of nitrogens with zero attached hydrogens (tertiary/aromatic N) is 1. The zero-order chi connectivity index (χ0) is 18.6. The van der Waals surface area contributed by atoms with Crippen molar-refractivity contribution in [3.05, 3.63) is 101 Å². The van der Waals surface area contributed by atoms with Crippen molar-refractivity contribution in [3.63, 3.8) is 0 Å². The lowest BCUT2D eigenvalue weighted by Crippen LogP contribution is -2.21. The molecule has 1 N–H and O–H groups in total. The number of benzene rings is 3. The molecule has 0 aliphatic carbocycles. The first-order chi connectivity index (χ1) is 12.5. The highest BCUT2D eigenvalue weighted by Gasteiger charge is 2.15. The van der Waals surface area contributed by atoms with Gasteiger partial charge in [-0.1, -0.05) is 77.8 Å². The lowest BCUT2D eigenvalue weighted by Gasteiger charge is -2.10. The average molecular weight is 385 g/mol. The van der Waals surface area contributed by atoms with Gasteiger partial charge in [-0.05, 0) is 25.1 Å². The summed E-state index contributed by atoms with van der Waals surface area (Å²) in [5, 5.41) is 4.68. The number of hydrogen-bond donors (Lipinski definition) is 1. The maximum Gasteiger partial charge on any atom is 0.276 e. The van der Waals surface area contributed by atoms with E-state index in [9.17, 15) is 8.42 Å². The van der Waals surface area contributed by atoms with Crippen molar-refractivity contribution >= 4 is 27.3 Å². The molecule has 0 amide bonds. The number of halogens is 1. The summed E-state index contributed by atoms with van der Waals surface area (Å²) in [5.41, 5.74) is 2.83. The molecule has 0 saturated heterocycles. The van der Waals surface area contributed by atoms with Gasteiger partial charge in [-0.25, -0.2) is 0 Å². The van der Waals surface area contributed by atoms with E-state index in [1.165, 1.54) is 0 Å². The molecule has 3 aromatic rings. The number of rotatable bonds is 5. The van der Waals surface area contributed by atoms with E-state index >= 15 is 0 Å². The minimum atomic E-state index is -3.78. The molecule has 0 aromatic heterocycles. The second-order valence-corrected chi connectivity index (χ2v) is 7.78. The van der Waals surface area contributed by atoms with Crippen LogP contribution in [0.4, 0.5) is 0 Å². The normalized spacial score (nSPS) is 12.0. The van der Waals surface area contributed by atoms with Crippen molar-refractivity contribution in [2.24, 2.45) is 5.10 Å². The van der Waals surface area contributed by atoms with E-state index in [2.05, 4.69) is 9.93 Å². The lowest BCUT2D eigenvalue weighted by molar-refractivity contribution is 0.584. The number of hydrogen-bond acceptors (Lipinski definition) is 3. The standard InChI is InChI=1S/C20H17ClN2O2S/c1-15-11-13-17(14-12-15)26(24,25)23-22-20(16-7-3-2-4-8-16)18-9-5-6-10-19(18)21/h2-14,23H,1H3. The molecule has 0 bridgehead atoms. The van der Waals surface area contributed by atoms with E-state index < -0.39 is 10.0 Å². The lowest BCUT2D eigenvalue weighted by atomic mass is 10.0. The molecule has 0 aliphatic rings. The topological polar surface area (TPSA) is 58.5 Å². The van der Waals surface area contributed by atoms with E-state index in [1.807, 2.05) is 49.4 Å². The Bertz CT molecular complexity index is 1030. The Hall–Kier alpha value is -2.63. The number of hydrazone groups is 1. The molecule has 132 valence electrons. The molecule has 0 heterocycles. The van der Waals surface area contributed by atoms with Crippen LogP contribution in [0.2, 0.25) is 5.02 Å². The van der Waals surface area contributed by atoms with Crippen LogP contribution in [0.15, 0.2) is 88.9 Å². The largest absolute Gasteiger partial charge is 0.276 e. The fourth-order valence-corrected chi connectivity index (χ4v) is 3.44. The predicted octanol–water partition coefficient (Wildman–Crippen LogP) is 4.38. The Balaban J connectivity index is 2.02. The maximum atomic E-state index is 12.5. The van der Waals surface area contributed by atoms with Crippen LogP contribution in [0.3, 0.4) is 0 Å². The summed E-state index contributed by atoms with van der Waals surface area (Å²) in [5.74, 6) is 0. The van der Waals surface area contributed by atoms with Crippen LogP contribution in [0, 0.1) is 6.92 Å². The Morgan fingerprint density at radius 1 is 0.885 bits per heavy atom. The Morgan fingerprint density at radius 2 is 1.50 bits per heavy atom. The van der Waals surface area contributed by atoms with Gasteiger partial charge < -0.3 is 0 Å². The second-order valence-electron chi connectivity index (χ2n) is 5.71. The number of nitrogens with one attached hydrogen (secondary N) is 1. The zero-order valence-electron chi connectivity index (χ0n) is 14.1. The van der Waals surface area contributed by atoms with Crippen molar-refractivity contribution in [3.8, 4) is 0 Å². The maximum absolute atomic E-state index is 12.5. The number of aryl methyl sites for hydroxylation is 1. The van der Waals surface area contributed by atoms with Gasteiger partial charge in [0, 0.05) is 11.1 Å². The third-order valence-electron chi connectivity index (χ3n) is 3.79. The van der Waals surface area contributed by atoms with Crippen LogP contribution in [-0.4, -0.2) is 14.1 Å². The van der Waals surface area contributed by atoms with Gasteiger partial charge in [0.15, 0.2) is 0 Å². The molecule has 3 aromatic carbocycles. The summed E-state index contributed by atoms with van der Waals surface area (Å²) in [6.07, 6.45) is 0. The molecule has 3 rings (SSSR count). The fourth-order valence-electron chi connectivity index (χ4n) is 2.41. The smallest absolute Gasteiger partial charge is 0.200 e. The Labute approximate surface area is 158 Å². The molecule has 0 saturated carbocycles. The first kappa shape index (κ1) is 18.2. The van der Waals surface area contributed by atoms with Gasteiger partial charge in [-0.15, -0.1) is 0 Å². The third-order valence-corrected chi connectivity index (χ3v) is 5.34. The minimum Gasteiger partial charge on any atom is -0.200 e. The van der Waals surface area contributed by atoms with Gasteiger partial charge in [0.05, 0.1) is 9.92 Å². The van der Waals surface area contributed by atoms with Crippen LogP contribution in [0.1, 0.15) is 16.7 Å². The SMILES string of the molecule is Cc1ccc(S(=O)(=O)NN=C(c2ccccc2)c2ccccc2Cl)cc1. The number of sulfonamides is 1. The summed E-state index contributed by atoms with van der Waals surface area (Å²) in [7, 11) is -3.78. The van der Waals surface area contributed by atoms with E-state index in [4.69, 9.17) is 11.6 Å². The van der Waals surface area contributed by atoms with E-state index in [-0.39, 0.29) is 4.90 Å². The van der Waals surface area contributed by atoms with Gasteiger partial charge in [-0.3, -0.25) is 0 Å². The molecule has 0 atom stereocenters. The highest BCUT2D eigenvalue weighted by atomic mass is 35.5. The monoisotopic (exact) mass is 384 g/mol. The molecule has 6 heteroatoms. The second kappa shape index (κ2) is 7.72. The van der Waals surface area contributed by atoms with E-state index in [1.54, 1.807) is 36.4 Å². The van der Waals surface area contributed by atoms with Crippen LogP contribution in [0.25, 0.3) is 0 Å². The Morgan fingerprint density at radius 3 is 2.15 bits per heavy atom. The fraction of sp³-hybridized carbons (Fsp3) is 0.0500. The van der Waals surface area contributed by atoms with Crippen molar-refractivity contribution in [1.82, 2.24) is 4.83 Å². The first-order valence-electron chi connectivity index (χ1n) is 7.94. The Kier molecular flexibility index (Phi) is 5.40. The van der Waals surface area contributed by atoms with Gasteiger partial charge in [0.2, 0.25) is 0 Å². The van der Waals surface area contributed by atoms with Gasteiger partial charge in [0.25, 0.3) is 10.0 Å². The molecule has 0 spiro atoms. The molecule has 0 fully saturated rings. The molecule has 4 nitrogen and oxygen atoms in total. The molecule has 0 radical (unpaired) electrons. The highest BCUT2D eigenvalue weighted by molar-refractivity contribution is 7.89. The van der Waals surface area contributed by atoms with E-state index in [0.717, 1.165) is 11.1 Å². The molecule has 0 aliphatic heterocycles. The van der Waals surface area contributed by atoms with Crippen molar-refractivity contribution < 1.29 is 8.42 Å². The third kappa shape index (κ3) is 4.12. The van der Waals surface area contributed by atoms with Crippen LogP contribution in [0.5, 0.6) is 0 Å². The van der Waals surface area contributed by atoms with Gasteiger partial charge in [0.1, 0.15) is 5.71 Å². The molecular weight excluding hydrogens is 368 g/mol. The molecule has 26 heavy (non-hydrogen) atoms. The summed E-state index contributed by atoms with van der Waals surface area (Å²) >= 11 is 6.30. The average Bonchev–Trinajstić information content (AvgIpc) is 2.64. The van der Waals surface area contributed by atoms with Crippen molar-refractivity contribution in [2.75, 3.05) is 0 Å². The van der Waals surface area contributed by atoms with Crippen molar-refractivity contribution in [2.45, 2.75) is 11.8 Å². The van der Waals surface area contributed by atoms with Crippen LogP contribution in [-0.2, 0) is 10.0 Å². The highest BCUT2D eigenvalue weighted by Crippen LogP contribution is 2.20.